The first-order chi connectivity index (χ1) is 8.43. The lowest BCUT2D eigenvalue weighted by molar-refractivity contribution is -0.140. The van der Waals surface area contributed by atoms with Crippen molar-refractivity contribution in [2.45, 2.75) is 25.9 Å². The van der Waals surface area contributed by atoms with E-state index in [1.54, 1.807) is 10.9 Å². The molecule has 1 atom stereocenters. The molecule has 1 aromatic rings. The number of hydrogen-bond acceptors (Lipinski definition) is 4. The third-order valence-electron chi connectivity index (χ3n) is 2.17. The monoisotopic (exact) mass is 256 g/mol. The molecule has 0 saturated heterocycles. The number of carboxylic acid groups (broad SMARTS) is 1. The van der Waals surface area contributed by atoms with Crippen LogP contribution in [0.15, 0.2) is 12.4 Å². The van der Waals surface area contributed by atoms with Crippen molar-refractivity contribution in [1.29, 1.82) is 0 Å². The fraction of sp³-hybridized carbons (Fsp3) is 0.500. The van der Waals surface area contributed by atoms with Crippen molar-refractivity contribution in [3.63, 3.8) is 0 Å². The zero-order valence-electron chi connectivity index (χ0n) is 10.1. The molecular formula is C10H16N4O4. The molecule has 0 aliphatic carbocycles. The van der Waals surface area contributed by atoms with Gasteiger partial charge >= 0.3 is 12.0 Å². The number of nitrogens with one attached hydrogen (secondary N) is 2. The van der Waals surface area contributed by atoms with E-state index in [9.17, 15) is 9.59 Å². The van der Waals surface area contributed by atoms with Crippen LogP contribution < -0.4 is 10.6 Å². The van der Waals surface area contributed by atoms with Crippen LogP contribution in [0.25, 0.3) is 0 Å². The number of rotatable bonds is 5. The van der Waals surface area contributed by atoms with E-state index in [0.717, 1.165) is 0 Å². The zero-order valence-corrected chi connectivity index (χ0v) is 10.1. The van der Waals surface area contributed by atoms with Gasteiger partial charge in [-0.1, -0.05) is 0 Å². The van der Waals surface area contributed by atoms with Crippen LogP contribution >= 0.6 is 0 Å². The number of hydrogen-bond donors (Lipinski definition) is 4. The van der Waals surface area contributed by atoms with Crippen molar-refractivity contribution in [3.8, 4) is 0 Å². The number of carboxylic acids is 1. The molecule has 8 heteroatoms. The Morgan fingerprint density at radius 1 is 1.50 bits per heavy atom. The number of nitrogens with zero attached hydrogens (tertiary/aromatic N) is 2. The van der Waals surface area contributed by atoms with Gasteiger partial charge in [-0.25, -0.2) is 9.59 Å². The van der Waals surface area contributed by atoms with Crippen molar-refractivity contribution in [3.05, 3.63) is 12.4 Å². The fourth-order valence-electron chi connectivity index (χ4n) is 1.20. The lowest BCUT2D eigenvalue weighted by Crippen LogP contribution is -2.45. The molecule has 0 radical (unpaired) electrons. The van der Waals surface area contributed by atoms with Gasteiger partial charge in [0, 0.05) is 12.2 Å². The van der Waals surface area contributed by atoms with Crippen LogP contribution in [0, 0.1) is 0 Å². The molecule has 0 bridgehead atoms. The van der Waals surface area contributed by atoms with Crippen LogP contribution in [-0.2, 0) is 4.79 Å². The number of anilines is 1. The summed E-state index contributed by atoms with van der Waals surface area (Å²) in [5, 5.41) is 26.0. The highest BCUT2D eigenvalue weighted by atomic mass is 16.4. The van der Waals surface area contributed by atoms with Gasteiger partial charge in [0.05, 0.1) is 18.5 Å². The van der Waals surface area contributed by atoms with E-state index >= 15 is 0 Å². The highest BCUT2D eigenvalue weighted by molar-refractivity contribution is 5.92. The number of aliphatic hydroxyl groups excluding tert-OH is 1. The Morgan fingerprint density at radius 2 is 2.17 bits per heavy atom. The maximum absolute atomic E-state index is 11.4. The van der Waals surface area contributed by atoms with Crippen molar-refractivity contribution < 1.29 is 19.8 Å². The topological polar surface area (TPSA) is 116 Å². The lowest BCUT2D eigenvalue weighted by atomic mass is 10.3. The fourth-order valence-corrected chi connectivity index (χ4v) is 1.20. The molecule has 0 fully saturated rings. The Balaban J connectivity index is 2.56. The second-order valence-corrected chi connectivity index (χ2v) is 3.97. The average Bonchev–Trinajstić information content (AvgIpc) is 2.74. The number of aromatic nitrogens is 2. The first-order valence-corrected chi connectivity index (χ1v) is 5.39. The molecule has 1 rings (SSSR count). The lowest BCUT2D eigenvalue weighted by Gasteiger charge is -2.11. The number of urea groups is 1. The van der Waals surface area contributed by atoms with E-state index in [-0.39, 0.29) is 6.04 Å². The number of carbonyl (C=O) groups excluding carboxylic acids is 1. The molecule has 100 valence electrons. The van der Waals surface area contributed by atoms with Gasteiger partial charge < -0.3 is 20.8 Å². The Hall–Kier alpha value is -2.09. The van der Waals surface area contributed by atoms with Crippen molar-refractivity contribution in [2.75, 3.05) is 11.9 Å². The summed E-state index contributed by atoms with van der Waals surface area (Å²) in [5.41, 5.74) is 0.447. The molecular weight excluding hydrogens is 240 g/mol. The summed E-state index contributed by atoms with van der Waals surface area (Å²) >= 11 is 0. The van der Waals surface area contributed by atoms with Crippen LogP contribution in [0.2, 0.25) is 0 Å². The first kappa shape index (κ1) is 14.0. The summed E-state index contributed by atoms with van der Waals surface area (Å²) in [5.74, 6) is -1.30. The smallest absolute Gasteiger partial charge is 0.328 e. The highest BCUT2D eigenvalue weighted by Crippen LogP contribution is 2.09. The van der Waals surface area contributed by atoms with E-state index in [4.69, 9.17) is 10.2 Å². The van der Waals surface area contributed by atoms with Gasteiger partial charge in [0.15, 0.2) is 6.04 Å². The minimum absolute atomic E-state index is 0.160. The minimum Gasteiger partial charge on any atom is -0.480 e. The Kier molecular flexibility index (Phi) is 4.67. The number of aliphatic carboxylic acids is 1. The molecule has 0 aliphatic heterocycles. The summed E-state index contributed by atoms with van der Waals surface area (Å²) < 4.78 is 1.65. The quantitative estimate of drug-likeness (QED) is 0.593. The van der Waals surface area contributed by atoms with E-state index in [0.29, 0.717) is 5.69 Å². The minimum atomic E-state index is -1.33. The van der Waals surface area contributed by atoms with Gasteiger partial charge in [0.2, 0.25) is 0 Å². The van der Waals surface area contributed by atoms with Crippen LogP contribution in [0.3, 0.4) is 0 Å². The van der Waals surface area contributed by atoms with Gasteiger partial charge in [-0.3, -0.25) is 4.68 Å². The van der Waals surface area contributed by atoms with Crippen LogP contribution in [0.1, 0.15) is 19.9 Å². The standard InChI is InChI=1S/C10H16N4O4/c1-6(2)14-4-7(3-11-14)12-10(18)13-8(5-15)9(16)17/h3-4,6,8,15H,5H2,1-2H3,(H,16,17)(H2,12,13,18)/t8-/m0/s1. The third-order valence-corrected chi connectivity index (χ3v) is 2.17. The maximum Gasteiger partial charge on any atom is 0.328 e. The van der Waals surface area contributed by atoms with Crippen molar-refractivity contribution >= 4 is 17.7 Å². The molecule has 0 aliphatic rings. The number of amides is 2. The summed E-state index contributed by atoms with van der Waals surface area (Å²) in [6.45, 7) is 3.19. The second-order valence-electron chi connectivity index (χ2n) is 3.97. The number of aliphatic hydroxyl groups is 1. The molecule has 0 saturated carbocycles. The predicted octanol–water partition coefficient (Wildman–Crippen LogP) is 0.0310. The molecule has 0 aromatic carbocycles. The maximum atomic E-state index is 11.4. The molecule has 0 spiro atoms. The van der Waals surface area contributed by atoms with Gasteiger partial charge in [-0.2, -0.15) is 5.10 Å². The van der Waals surface area contributed by atoms with Crippen molar-refractivity contribution in [2.24, 2.45) is 0 Å². The SMILES string of the molecule is CC(C)n1cc(NC(=O)N[C@@H](CO)C(=O)O)cn1. The van der Waals surface area contributed by atoms with Crippen molar-refractivity contribution in [1.82, 2.24) is 15.1 Å². The third kappa shape index (κ3) is 3.74. The molecule has 4 N–H and O–H groups in total. The Morgan fingerprint density at radius 3 is 2.61 bits per heavy atom. The van der Waals surface area contributed by atoms with E-state index in [1.807, 2.05) is 13.8 Å². The second kappa shape index (κ2) is 6.01. The molecule has 18 heavy (non-hydrogen) atoms. The normalized spacial score (nSPS) is 12.2. The Labute approximate surface area is 104 Å². The van der Waals surface area contributed by atoms with E-state index < -0.39 is 24.6 Å². The molecule has 1 heterocycles. The molecule has 0 unspecified atom stereocenters. The van der Waals surface area contributed by atoms with E-state index in [1.165, 1.54) is 6.20 Å². The predicted molar refractivity (Wildman–Crippen MR) is 63.3 cm³/mol. The zero-order chi connectivity index (χ0) is 13.7. The average molecular weight is 256 g/mol. The van der Waals surface area contributed by atoms with Crippen LogP contribution in [0.5, 0.6) is 0 Å². The van der Waals surface area contributed by atoms with Gasteiger partial charge in [-0.15, -0.1) is 0 Å². The van der Waals surface area contributed by atoms with Crippen LogP contribution in [0.4, 0.5) is 10.5 Å². The highest BCUT2D eigenvalue weighted by Gasteiger charge is 2.18. The summed E-state index contributed by atoms with van der Waals surface area (Å²) in [7, 11) is 0. The van der Waals surface area contributed by atoms with E-state index in [2.05, 4.69) is 15.7 Å². The molecule has 1 aromatic heterocycles. The summed E-state index contributed by atoms with van der Waals surface area (Å²) in [6, 6.07) is -1.88. The molecule has 2 amide bonds. The largest absolute Gasteiger partial charge is 0.480 e. The summed E-state index contributed by atoms with van der Waals surface area (Å²) in [6.07, 6.45) is 3.08. The van der Waals surface area contributed by atoms with Gasteiger partial charge in [-0.05, 0) is 13.8 Å². The van der Waals surface area contributed by atoms with Gasteiger partial charge in [0.25, 0.3) is 0 Å². The van der Waals surface area contributed by atoms with Crippen LogP contribution in [-0.4, -0.2) is 44.6 Å². The molecule has 8 nitrogen and oxygen atoms in total. The Bertz CT molecular complexity index is 429. The first-order valence-electron chi connectivity index (χ1n) is 5.39. The summed E-state index contributed by atoms with van der Waals surface area (Å²) in [4.78, 5) is 22.0. The van der Waals surface area contributed by atoms with Gasteiger partial charge in [0.1, 0.15) is 0 Å². The number of carbonyl (C=O) groups is 2.